The minimum atomic E-state index is 0.309. The Kier molecular flexibility index (Phi) is 1.68. The van der Waals surface area contributed by atoms with Gasteiger partial charge in [0.05, 0.1) is 17.1 Å². The summed E-state index contributed by atoms with van der Waals surface area (Å²) in [4.78, 5) is 10.1. The second kappa shape index (κ2) is 2.49. The van der Waals surface area contributed by atoms with Gasteiger partial charge in [0.1, 0.15) is 0 Å². The van der Waals surface area contributed by atoms with E-state index in [2.05, 4.69) is 0 Å². The Balaban J connectivity index is 3.31. The van der Waals surface area contributed by atoms with Crippen LogP contribution in [0.5, 0.6) is 0 Å². The van der Waals surface area contributed by atoms with Gasteiger partial charge in [-0.2, -0.15) is 0 Å². The average molecular weight is 150 g/mol. The fourth-order valence-electron chi connectivity index (χ4n) is 0.758. The molecule has 0 heterocycles. The molecule has 0 aliphatic heterocycles. The van der Waals surface area contributed by atoms with E-state index >= 15 is 0 Å². The first-order valence-electron chi connectivity index (χ1n) is 2.97. The summed E-state index contributed by atoms with van der Waals surface area (Å²) in [6.07, 6.45) is 1.67. The lowest BCUT2D eigenvalue weighted by molar-refractivity contribution is 0.563. The molecule has 0 aromatic heterocycles. The van der Waals surface area contributed by atoms with E-state index in [0.29, 0.717) is 22.6 Å². The monoisotopic (exact) mass is 150 g/mol. The van der Waals surface area contributed by atoms with E-state index in [9.17, 15) is 4.79 Å². The molecule has 6 N–H and O–H groups in total. The molecule has 0 spiro atoms. The molecule has 1 aromatic rings. The Bertz CT molecular complexity index is 273. The van der Waals surface area contributed by atoms with Crippen LogP contribution in [0.3, 0.4) is 0 Å². The molecule has 0 saturated heterocycles. The standard InChI is InChI=1S/C7H8N3O/c8-5-1-4(3-11)2-6(9)7(5)10/h1-2H,8-10H2. The largest absolute Gasteiger partial charge is 0.397 e. The Morgan fingerprint density at radius 1 is 1.09 bits per heavy atom. The lowest BCUT2D eigenvalue weighted by Crippen LogP contribution is -2.01. The van der Waals surface area contributed by atoms with Crippen LogP contribution in [0.15, 0.2) is 12.1 Å². The minimum Gasteiger partial charge on any atom is -0.397 e. The summed E-state index contributed by atoms with van der Waals surface area (Å²) in [5, 5.41) is 0. The molecule has 0 aliphatic rings. The fraction of sp³-hybridized carbons (Fsp3) is 0. The Morgan fingerprint density at radius 2 is 1.55 bits per heavy atom. The molecule has 57 valence electrons. The van der Waals surface area contributed by atoms with Gasteiger partial charge in [-0.1, -0.05) is 0 Å². The molecule has 0 atom stereocenters. The van der Waals surface area contributed by atoms with Gasteiger partial charge in [0.2, 0.25) is 6.29 Å². The fourth-order valence-corrected chi connectivity index (χ4v) is 0.758. The van der Waals surface area contributed by atoms with Gasteiger partial charge < -0.3 is 17.2 Å². The second-order valence-electron chi connectivity index (χ2n) is 2.17. The van der Waals surface area contributed by atoms with Crippen LogP contribution in [0.4, 0.5) is 17.1 Å². The highest BCUT2D eigenvalue weighted by Crippen LogP contribution is 2.23. The maximum Gasteiger partial charge on any atom is 0.233 e. The summed E-state index contributed by atoms with van der Waals surface area (Å²) in [6.45, 7) is 0. The van der Waals surface area contributed by atoms with Crippen molar-refractivity contribution in [3.63, 3.8) is 0 Å². The summed E-state index contributed by atoms with van der Waals surface area (Å²) < 4.78 is 0. The number of nitrogens with two attached hydrogens (primary N) is 3. The quantitative estimate of drug-likeness (QED) is 0.487. The zero-order valence-electron chi connectivity index (χ0n) is 5.79. The molecule has 0 fully saturated rings. The molecule has 1 rings (SSSR count). The van der Waals surface area contributed by atoms with Gasteiger partial charge in [0.15, 0.2) is 0 Å². The van der Waals surface area contributed by atoms with E-state index in [-0.39, 0.29) is 0 Å². The SMILES string of the molecule is Nc1cc([C]=O)cc(N)c1N. The first-order chi connectivity index (χ1) is 5.15. The van der Waals surface area contributed by atoms with E-state index in [0.717, 1.165) is 0 Å². The number of carbonyl (C=O) groups excluding carboxylic acids is 1. The highest BCUT2D eigenvalue weighted by molar-refractivity contribution is 5.86. The predicted octanol–water partition coefficient (Wildman–Crippen LogP) is -0.109. The zero-order valence-corrected chi connectivity index (χ0v) is 5.79. The van der Waals surface area contributed by atoms with Crippen LogP contribution >= 0.6 is 0 Å². The Morgan fingerprint density at radius 3 is 1.91 bits per heavy atom. The van der Waals surface area contributed by atoms with Gasteiger partial charge >= 0.3 is 0 Å². The molecule has 0 amide bonds. The van der Waals surface area contributed by atoms with Gasteiger partial charge in [-0.3, -0.25) is 4.79 Å². The minimum absolute atomic E-state index is 0.309. The molecule has 4 nitrogen and oxygen atoms in total. The molecule has 0 saturated carbocycles. The first-order valence-corrected chi connectivity index (χ1v) is 2.97. The lowest BCUT2D eigenvalue weighted by atomic mass is 10.1. The number of anilines is 3. The van der Waals surface area contributed by atoms with E-state index in [1.54, 1.807) is 6.29 Å². The normalized spacial score (nSPS) is 9.45. The van der Waals surface area contributed by atoms with Crippen LogP contribution in [-0.4, -0.2) is 6.29 Å². The first kappa shape index (κ1) is 7.40. The van der Waals surface area contributed by atoms with Crippen LogP contribution in [0.1, 0.15) is 5.56 Å². The average Bonchev–Trinajstić information content (AvgIpc) is 1.99. The highest BCUT2D eigenvalue weighted by Gasteiger charge is 2.01. The Labute approximate surface area is 64.0 Å². The molecule has 0 unspecified atom stereocenters. The van der Waals surface area contributed by atoms with Crippen molar-refractivity contribution in [1.29, 1.82) is 0 Å². The van der Waals surface area contributed by atoms with Crippen molar-refractivity contribution >= 4 is 23.3 Å². The number of nitrogen functional groups attached to an aromatic ring is 3. The van der Waals surface area contributed by atoms with Crippen LogP contribution < -0.4 is 17.2 Å². The van der Waals surface area contributed by atoms with E-state index in [1.165, 1.54) is 12.1 Å². The van der Waals surface area contributed by atoms with Gasteiger partial charge in [-0.15, -0.1) is 0 Å². The van der Waals surface area contributed by atoms with Crippen LogP contribution in [-0.2, 0) is 4.79 Å². The maximum absolute atomic E-state index is 10.1. The number of hydrogen-bond acceptors (Lipinski definition) is 4. The summed E-state index contributed by atoms with van der Waals surface area (Å²) in [6, 6.07) is 2.86. The third kappa shape index (κ3) is 1.24. The van der Waals surface area contributed by atoms with Crippen molar-refractivity contribution in [3.05, 3.63) is 17.7 Å². The van der Waals surface area contributed by atoms with Crippen molar-refractivity contribution < 1.29 is 4.79 Å². The molecular formula is C7H8N3O. The summed E-state index contributed by atoms with van der Waals surface area (Å²) >= 11 is 0. The third-order valence-corrected chi connectivity index (χ3v) is 1.36. The number of benzene rings is 1. The summed E-state index contributed by atoms with van der Waals surface area (Å²) in [5.74, 6) is 0. The predicted molar refractivity (Wildman–Crippen MR) is 44.5 cm³/mol. The van der Waals surface area contributed by atoms with Crippen LogP contribution in [0.2, 0.25) is 0 Å². The second-order valence-corrected chi connectivity index (χ2v) is 2.17. The lowest BCUT2D eigenvalue weighted by Gasteiger charge is -2.03. The maximum atomic E-state index is 10.1. The molecule has 4 heteroatoms. The summed E-state index contributed by atoms with van der Waals surface area (Å²) in [7, 11) is 0. The smallest absolute Gasteiger partial charge is 0.233 e. The number of rotatable bonds is 1. The van der Waals surface area contributed by atoms with Gasteiger partial charge in [-0.05, 0) is 12.1 Å². The summed E-state index contributed by atoms with van der Waals surface area (Å²) in [5.41, 5.74) is 17.5. The molecule has 0 bridgehead atoms. The zero-order chi connectivity index (χ0) is 8.43. The van der Waals surface area contributed by atoms with Gasteiger partial charge in [0.25, 0.3) is 0 Å². The van der Waals surface area contributed by atoms with Crippen LogP contribution in [0, 0.1) is 0 Å². The van der Waals surface area contributed by atoms with Crippen molar-refractivity contribution in [2.45, 2.75) is 0 Å². The van der Waals surface area contributed by atoms with Gasteiger partial charge in [-0.25, -0.2) is 0 Å². The molecule has 11 heavy (non-hydrogen) atoms. The van der Waals surface area contributed by atoms with Crippen LogP contribution in [0.25, 0.3) is 0 Å². The van der Waals surface area contributed by atoms with E-state index in [1.807, 2.05) is 0 Å². The Hall–Kier alpha value is -1.71. The van der Waals surface area contributed by atoms with Crippen molar-refractivity contribution in [1.82, 2.24) is 0 Å². The van der Waals surface area contributed by atoms with Crippen molar-refractivity contribution in [2.24, 2.45) is 0 Å². The number of hydrogen-bond donors (Lipinski definition) is 3. The highest BCUT2D eigenvalue weighted by atomic mass is 16.1. The van der Waals surface area contributed by atoms with Gasteiger partial charge in [0, 0.05) is 5.56 Å². The molecule has 0 aliphatic carbocycles. The van der Waals surface area contributed by atoms with E-state index in [4.69, 9.17) is 17.2 Å². The molecule has 1 radical (unpaired) electrons. The molecular weight excluding hydrogens is 142 g/mol. The molecule has 1 aromatic carbocycles. The topological polar surface area (TPSA) is 95.1 Å². The van der Waals surface area contributed by atoms with Crippen molar-refractivity contribution in [2.75, 3.05) is 17.2 Å². The van der Waals surface area contributed by atoms with Crippen molar-refractivity contribution in [3.8, 4) is 0 Å². The third-order valence-electron chi connectivity index (χ3n) is 1.36. The van der Waals surface area contributed by atoms with E-state index < -0.39 is 0 Å².